The number of ether oxygens (including phenoxy) is 1. The quantitative estimate of drug-likeness (QED) is 0.583. The largest absolute Gasteiger partial charge is 0.370 e. The maximum absolute atomic E-state index is 6.09. The van der Waals surface area contributed by atoms with E-state index in [1.54, 1.807) is 4.90 Å². The monoisotopic (exact) mass is 414 g/mol. The first kappa shape index (κ1) is 20.1. The van der Waals surface area contributed by atoms with Gasteiger partial charge in [-0.3, -0.25) is 0 Å². The van der Waals surface area contributed by atoms with E-state index in [1.807, 2.05) is 35.7 Å². The Bertz CT molecular complexity index is 963. The highest BCUT2D eigenvalue weighted by molar-refractivity contribution is 6.30. The lowest BCUT2D eigenvalue weighted by Crippen LogP contribution is -3.14. The molecule has 3 heterocycles. The van der Waals surface area contributed by atoms with Crippen LogP contribution >= 0.6 is 11.6 Å². The second-order valence-corrected chi connectivity index (χ2v) is 8.03. The molecule has 2 aromatic heterocycles. The number of nitrogens with one attached hydrogen (secondary N) is 2. The van der Waals surface area contributed by atoms with Crippen LogP contribution in [0.1, 0.15) is 24.7 Å². The van der Waals surface area contributed by atoms with Gasteiger partial charge in [0.25, 0.3) is 0 Å². The number of morpholine rings is 1. The first-order valence-electron chi connectivity index (χ1n) is 10.5. The van der Waals surface area contributed by atoms with Crippen molar-refractivity contribution < 1.29 is 9.64 Å². The Hall–Kier alpha value is -2.15. The molecule has 1 aliphatic heterocycles. The van der Waals surface area contributed by atoms with Crippen LogP contribution in [0.5, 0.6) is 0 Å². The minimum Gasteiger partial charge on any atom is -0.370 e. The maximum atomic E-state index is 6.09. The van der Waals surface area contributed by atoms with Crippen molar-refractivity contribution in [1.29, 1.82) is 0 Å². The lowest BCUT2D eigenvalue weighted by Gasteiger charge is -2.23. The van der Waals surface area contributed by atoms with Gasteiger partial charge in [0, 0.05) is 35.3 Å². The molecule has 1 saturated heterocycles. The van der Waals surface area contributed by atoms with Crippen molar-refractivity contribution in [2.75, 3.05) is 44.7 Å². The SMILES string of the molecule is CCc1nn2c(NCCC[NH+]3CCOCC3)cc(C)nc2c1-c1ccc(Cl)cc1. The molecule has 154 valence electrons. The highest BCUT2D eigenvalue weighted by atomic mass is 35.5. The number of fused-ring (bicyclic) bond motifs is 1. The Morgan fingerprint density at radius 2 is 1.97 bits per heavy atom. The number of aromatic nitrogens is 3. The van der Waals surface area contributed by atoms with Crippen LogP contribution in [0.4, 0.5) is 5.82 Å². The number of aryl methyl sites for hydroxylation is 2. The van der Waals surface area contributed by atoms with E-state index in [0.29, 0.717) is 0 Å². The van der Waals surface area contributed by atoms with Crippen LogP contribution in [0.15, 0.2) is 30.3 Å². The molecule has 0 unspecified atom stereocenters. The van der Waals surface area contributed by atoms with Crippen LogP contribution in [0, 0.1) is 6.92 Å². The van der Waals surface area contributed by atoms with Crippen LogP contribution in [0.25, 0.3) is 16.8 Å². The molecule has 0 aliphatic carbocycles. The van der Waals surface area contributed by atoms with Crippen LogP contribution in [0.2, 0.25) is 5.02 Å². The third kappa shape index (κ3) is 4.55. The van der Waals surface area contributed by atoms with Gasteiger partial charge in [-0.15, -0.1) is 0 Å². The van der Waals surface area contributed by atoms with E-state index in [0.717, 1.165) is 84.7 Å². The molecule has 0 bridgehead atoms. The molecule has 29 heavy (non-hydrogen) atoms. The summed E-state index contributed by atoms with van der Waals surface area (Å²) in [6.07, 6.45) is 1.96. The smallest absolute Gasteiger partial charge is 0.165 e. The van der Waals surface area contributed by atoms with Crippen molar-refractivity contribution >= 4 is 23.1 Å². The normalized spacial score (nSPS) is 15.1. The molecule has 1 aliphatic rings. The summed E-state index contributed by atoms with van der Waals surface area (Å²) in [5.74, 6) is 0.999. The molecule has 1 aromatic carbocycles. The van der Waals surface area contributed by atoms with E-state index in [4.69, 9.17) is 26.4 Å². The highest BCUT2D eigenvalue weighted by Gasteiger charge is 2.18. The number of nitrogens with zero attached hydrogens (tertiary/aromatic N) is 3. The van der Waals surface area contributed by atoms with Crippen LogP contribution in [-0.2, 0) is 11.2 Å². The summed E-state index contributed by atoms with van der Waals surface area (Å²) in [5, 5.41) is 9.20. The van der Waals surface area contributed by atoms with Crippen molar-refractivity contribution in [3.8, 4) is 11.1 Å². The predicted molar refractivity (Wildman–Crippen MR) is 117 cm³/mol. The number of hydrogen-bond donors (Lipinski definition) is 2. The van der Waals surface area contributed by atoms with Gasteiger partial charge < -0.3 is 15.0 Å². The van der Waals surface area contributed by atoms with Gasteiger partial charge in [-0.1, -0.05) is 30.7 Å². The lowest BCUT2D eigenvalue weighted by atomic mass is 10.0. The van der Waals surface area contributed by atoms with Crippen molar-refractivity contribution in [3.05, 3.63) is 46.7 Å². The molecule has 0 spiro atoms. The molecule has 0 radical (unpaired) electrons. The summed E-state index contributed by atoms with van der Waals surface area (Å²) in [5.41, 5.74) is 5.11. The summed E-state index contributed by atoms with van der Waals surface area (Å²) in [6.45, 7) is 10.2. The van der Waals surface area contributed by atoms with Crippen molar-refractivity contribution in [2.45, 2.75) is 26.7 Å². The van der Waals surface area contributed by atoms with Gasteiger partial charge in [0.05, 0.1) is 25.5 Å². The maximum Gasteiger partial charge on any atom is 0.165 e. The molecular weight excluding hydrogens is 386 g/mol. The molecular formula is C22H29ClN5O+. The molecule has 0 amide bonds. The van der Waals surface area contributed by atoms with E-state index in [1.165, 1.54) is 6.54 Å². The molecule has 3 aromatic rings. The second-order valence-electron chi connectivity index (χ2n) is 7.59. The Labute approximate surface area is 176 Å². The number of rotatable bonds is 7. The highest BCUT2D eigenvalue weighted by Crippen LogP contribution is 2.30. The number of halogens is 1. The van der Waals surface area contributed by atoms with Gasteiger partial charge in [0.1, 0.15) is 18.9 Å². The van der Waals surface area contributed by atoms with E-state index < -0.39 is 0 Å². The fourth-order valence-corrected chi connectivity index (χ4v) is 4.06. The van der Waals surface area contributed by atoms with Crippen molar-refractivity contribution in [1.82, 2.24) is 14.6 Å². The zero-order valence-electron chi connectivity index (χ0n) is 17.2. The topological polar surface area (TPSA) is 55.9 Å². The number of anilines is 1. The Kier molecular flexibility index (Phi) is 6.33. The summed E-state index contributed by atoms with van der Waals surface area (Å²) >= 11 is 6.09. The molecule has 1 fully saturated rings. The summed E-state index contributed by atoms with van der Waals surface area (Å²) in [7, 11) is 0. The van der Waals surface area contributed by atoms with Crippen LogP contribution in [0.3, 0.4) is 0 Å². The fourth-order valence-electron chi connectivity index (χ4n) is 3.93. The van der Waals surface area contributed by atoms with Crippen LogP contribution < -0.4 is 10.2 Å². The van der Waals surface area contributed by atoms with E-state index in [9.17, 15) is 0 Å². The minimum absolute atomic E-state index is 0.733. The summed E-state index contributed by atoms with van der Waals surface area (Å²) in [6, 6.07) is 10.00. The summed E-state index contributed by atoms with van der Waals surface area (Å²) < 4.78 is 7.40. The Morgan fingerprint density at radius 1 is 1.21 bits per heavy atom. The van der Waals surface area contributed by atoms with Crippen molar-refractivity contribution in [3.63, 3.8) is 0 Å². The Balaban J connectivity index is 1.57. The third-order valence-corrected chi connectivity index (χ3v) is 5.72. The number of benzene rings is 1. The fraction of sp³-hybridized carbons (Fsp3) is 0.455. The average molecular weight is 415 g/mol. The zero-order chi connectivity index (χ0) is 20.2. The molecule has 0 saturated carbocycles. The van der Waals surface area contributed by atoms with Gasteiger partial charge in [-0.2, -0.15) is 9.61 Å². The first-order chi connectivity index (χ1) is 14.2. The third-order valence-electron chi connectivity index (χ3n) is 5.47. The van der Waals surface area contributed by atoms with Gasteiger partial charge in [0.15, 0.2) is 5.65 Å². The number of quaternary nitrogens is 1. The summed E-state index contributed by atoms with van der Waals surface area (Å²) in [4.78, 5) is 6.45. The first-order valence-corrected chi connectivity index (χ1v) is 10.8. The van der Waals surface area contributed by atoms with E-state index >= 15 is 0 Å². The van der Waals surface area contributed by atoms with Gasteiger partial charge in [0.2, 0.25) is 0 Å². The Morgan fingerprint density at radius 3 is 2.69 bits per heavy atom. The molecule has 6 nitrogen and oxygen atoms in total. The lowest BCUT2D eigenvalue weighted by molar-refractivity contribution is -0.908. The van der Waals surface area contributed by atoms with E-state index in [2.05, 4.69) is 18.3 Å². The van der Waals surface area contributed by atoms with Gasteiger partial charge in [-0.25, -0.2) is 4.98 Å². The van der Waals surface area contributed by atoms with Gasteiger partial charge in [-0.05, 0) is 31.0 Å². The zero-order valence-corrected chi connectivity index (χ0v) is 17.9. The van der Waals surface area contributed by atoms with Crippen molar-refractivity contribution in [2.24, 2.45) is 0 Å². The predicted octanol–water partition coefficient (Wildman–Crippen LogP) is 2.64. The average Bonchev–Trinajstić information content (AvgIpc) is 3.11. The van der Waals surface area contributed by atoms with Crippen LogP contribution in [-0.4, -0.2) is 54.0 Å². The molecule has 4 rings (SSSR count). The van der Waals surface area contributed by atoms with Gasteiger partial charge >= 0.3 is 0 Å². The standard InChI is InChI=1S/C22H28ClN5O/c1-3-19-21(17-5-7-18(23)8-6-17)22-25-16(2)15-20(28(22)26-19)24-9-4-10-27-11-13-29-14-12-27/h5-8,15,24H,3-4,9-14H2,1-2H3/p+1. The minimum atomic E-state index is 0.733. The molecule has 0 atom stereocenters. The number of hydrogen-bond acceptors (Lipinski definition) is 4. The second kappa shape index (κ2) is 9.11. The molecule has 7 heteroatoms. The molecule has 2 N–H and O–H groups in total. The van der Waals surface area contributed by atoms with E-state index in [-0.39, 0.29) is 0 Å².